The number of rotatable bonds is 7. The fourth-order valence-corrected chi connectivity index (χ4v) is 2.91. The van der Waals surface area contributed by atoms with Gasteiger partial charge in [0, 0.05) is 31.9 Å². The summed E-state index contributed by atoms with van der Waals surface area (Å²) in [6.45, 7) is 6.22. The lowest BCUT2D eigenvalue weighted by molar-refractivity contribution is -0.136. The molecule has 0 spiro atoms. The van der Waals surface area contributed by atoms with Gasteiger partial charge < -0.3 is 18.7 Å². The topological polar surface area (TPSA) is 86.3 Å². The summed E-state index contributed by atoms with van der Waals surface area (Å²) in [5.41, 5.74) is 0. The molecule has 1 atom stereocenters. The lowest BCUT2D eigenvalue weighted by Gasteiger charge is -2.32. The SMILES string of the molecule is CC(C)Cc1nc(COC2CCCN(C(=O)Cn3ccnc3)C2)no1. The molecule has 0 bridgehead atoms. The lowest BCUT2D eigenvalue weighted by Crippen LogP contribution is -2.44. The summed E-state index contributed by atoms with van der Waals surface area (Å²) in [6, 6.07) is 0. The van der Waals surface area contributed by atoms with E-state index in [-0.39, 0.29) is 12.0 Å². The Morgan fingerprint density at radius 1 is 1.48 bits per heavy atom. The fraction of sp³-hybridized carbons (Fsp3) is 0.647. The van der Waals surface area contributed by atoms with Crippen LogP contribution in [0.3, 0.4) is 0 Å². The Labute approximate surface area is 147 Å². The van der Waals surface area contributed by atoms with Crippen LogP contribution in [0.25, 0.3) is 0 Å². The first-order valence-corrected chi connectivity index (χ1v) is 8.76. The third-order valence-electron chi connectivity index (χ3n) is 4.15. The maximum absolute atomic E-state index is 12.4. The van der Waals surface area contributed by atoms with Crippen molar-refractivity contribution in [1.82, 2.24) is 24.6 Å². The van der Waals surface area contributed by atoms with Crippen molar-refractivity contribution < 1.29 is 14.1 Å². The number of imidazole rings is 1. The van der Waals surface area contributed by atoms with E-state index in [1.165, 1.54) is 0 Å². The van der Waals surface area contributed by atoms with Gasteiger partial charge in [-0.25, -0.2) is 4.98 Å². The maximum Gasteiger partial charge on any atom is 0.242 e. The summed E-state index contributed by atoms with van der Waals surface area (Å²) in [5.74, 6) is 1.78. The molecule has 136 valence electrons. The zero-order chi connectivity index (χ0) is 17.6. The average molecular weight is 347 g/mol. The molecule has 2 aromatic heterocycles. The van der Waals surface area contributed by atoms with Gasteiger partial charge in [0.1, 0.15) is 13.2 Å². The number of ether oxygens (including phenoxy) is 1. The molecule has 1 amide bonds. The first kappa shape index (κ1) is 17.6. The molecule has 0 saturated carbocycles. The predicted molar refractivity (Wildman–Crippen MR) is 89.5 cm³/mol. The van der Waals surface area contributed by atoms with Gasteiger partial charge in [0.2, 0.25) is 11.8 Å². The third kappa shape index (κ3) is 5.12. The van der Waals surface area contributed by atoms with Gasteiger partial charge in [-0.05, 0) is 18.8 Å². The number of hydrogen-bond donors (Lipinski definition) is 0. The molecule has 8 heteroatoms. The Morgan fingerprint density at radius 2 is 2.36 bits per heavy atom. The summed E-state index contributed by atoms with van der Waals surface area (Å²) >= 11 is 0. The number of nitrogens with zero attached hydrogens (tertiary/aromatic N) is 5. The number of carbonyl (C=O) groups is 1. The highest BCUT2D eigenvalue weighted by molar-refractivity contribution is 5.76. The Hall–Kier alpha value is -2.22. The van der Waals surface area contributed by atoms with E-state index >= 15 is 0 Å². The first-order chi connectivity index (χ1) is 12.1. The Morgan fingerprint density at radius 3 is 3.12 bits per heavy atom. The van der Waals surface area contributed by atoms with Crippen LogP contribution in [0.4, 0.5) is 0 Å². The molecule has 1 aliphatic heterocycles. The number of aromatic nitrogens is 4. The molecule has 1 fully saturated rings. The zero-order valence-electron chi connectivity index (χ0n) is 14.8. The maximum atomic E-state index is 12.4. The first-order valence-electron chi connectivity index (χ1n) is 8.76. The standard InChI is InChI=1S/C17H25N5O3/c1-13(2)8-16-19-15(20-25-16)11-24-14-4-3-6-22(9-14)17(23)10-21-7-5-18-12-21/h5,7,12-14H,3-4,6,8-11H2,1-2H3. The molecule has 0 aromatic carbocycles. The summed E-state index contributed by atoms with van der Waals surface area (Å²) < 4.78 is 12.9. The van der Waals surface area contributed by atoms with Crippen LogP contribution in [0.2, 0.25) is 0 Å². The van der Waals surface area contributed by atoms with Gasteiger partial charge in [-0.2, -0.15) is 4.98 Å². The summed E-state index contributed by atoms with van der Waals surface area (Å²) in [7, 11) is 0. The molecule has 25 heavy (non-hydrogen) atoms. The van der Waals surface area contributed by atoms with Gasteiger partial charge in [0.15, 0.2) is 5.82 Å². The van der Waals surface area contributed by atoms with Crippen LogP contribution in [0.15, 0.2) is 23.2 Å². The Kier molecular flexibility index (Phi) is 5.80. The largest absolute Gasteiger partial charge is 0.368 e. The second kappa shape index (κ2) is 8.24. The van der Waals surface area contributed by atoms with Gasteiger partial charge in [-0.15, -0.1) is 0 Å². The van der Waals surface area contributed by atoms with Crippen LogP contribution < -0.4 is 0 Å². The average Bonchev–Trinajstić information content (AvgIpc) is 3.25. The molecular formula is C17H25N5O3. The summed E-state index contributed by atoms with van der Waals surface area (Å²) in [4.78, 5) is 22.5. The zero-order valence-corrected chi connectivity index (χ0v) is 14.8. The second-order valence-corrected chi connectivity index (χ2v) is 6.85. The van der Waals surface area contributed by atoms with E-state index in [9.17, 15) is 4.79 Å². The van der Waals surface area contributed by atoms with Crippen LogP contribution in [0.5, 0.6) is 0 Å². The van der Waals surface area contributed by atoms with Crippen molar-refractivity contribution in [2.75, 3.05) is 13.1 Å². The van der Waals surface area contributed by atoms with E-state index < -0.39 is 0 Å². The number of hydrogen-bond acceptors (Lipinski definition) is 6. The van der Waals surface area contributed by atoms with Crippen LogP contribution in [-0.2, 0) is 29.1 Å². The molecule has 1 unspecified atom stereocenters. The summed E-state index contributed by atoms with van der Waals surface area (Å²) in [5, 5.41) is 3.96. The Balaban J connectivity index is 1.46. The van der Waals surface area contributed by atoms with Crippen molar-refractivity contribution in [1.29, 1.82) is 0 Å². The van der Waals surface area contributed by atoms with E-state index in [0.717, 1.165) is 25.8 Å². The van der Waals surface area contributed by atoms with Crippen LogP contribution >= 0.6 is 0 Å². The van der Waals surface area contributed by atoms with Crippen molar-refractivity contribution in [2.45, 2.75) is 52.4 Å². The molecule has 1 aliphatic rings. The van der Waals surface area contributed by atoms with E-state index in [4.69, 9.17) is 9.26 Å². The second-order valence-electron chi connectivity index (χ2n) is 6.85. The van der Waals surface area contributed by atoms with Crippen LogP contribution in [-0.4, -0.2) is 49.7 Å². The Bertz CT molecular complexity index is 668. The van der Waals surface area contributed by atoms with Crippen molar-refractivity contribution in [3.05, 3.63) is 30.4 Å². The minimum atomic E-state index is 0.00698. The normalized spacial score (nSPS) is 18.0. The highest BCUT2D eigenvalue weighted by Gasteiger charge is 2.24. The van der Waals surface area contributed by atoms with E-state index in [1.54, 1.807) is 23.3 Å². The molecule has 0 aliphatic carbocycles. The van der Waals surface area contributed by atoms with Gasteiger partial charge in [0.25, 0.3) is 0 Å². The van der Waals surface area contributed by atoms with Gasteiger partial charge in [-0.3, -0.25) is 4.79 Å². The van der Waals surface area contributed by atoms with Crippen molar-refractivity contribution in [2.24, 2.45) is 5.92 Å². The van der Waals surface area contributed by atoms with E-state index in [2.05, 4.69) is 29.0 Å². The molecule has 3 rings (SSSR count). The molecule has 1 saturated heterocycles. The fourth-order valence-electron chi connectivity index (χ4n) is 2.91. The highest BCUT2D eigenvalue weighted by Crippen LogP contribution is 2.15. The van der Waals surface area contributed by atoms with Crippen molar-refractivity contribution >= 4 is 5.91 Å². The number of amides is 1. The quantitative estimate of drug-likeness (QED) is 0.757. The summed E-state index contributed by atoms with van der Waals surface area (Å²) in [6.07, 6.45) is 7.77. The monoisotopic (exact) mass is 347 g/mol. The number of likely N-dealkylation sites (tertiary alicyclic amines) is 1. The van der Waals surface area contributed by atoms with Gasteiger partial charge >= 0.3 is 0 Å². The van der Waals surface area contributed by atoms with Gasteiger partial charge in [-0.1, -0.05) is 19.0 Å². The van der Waals surface area contributed by atoms with E-state index in [0.29, 0.717) is 37.3 Å². The van der Waals surface area contributed by atoms with Crippen molar-refractivity contribution in [3.8, 4) is 0 Å². The smallest absolute Gasteiger partial charge is 0.242 e. The molecule has 0 radical (unpaired) electrons. The minimum absolute atomic E-state index is 0.00698. The van der Waals surface area contributed by atoms with E-state index in [1.807, 2.05) is 4.90 Å². The van der Waals surface area contributed by atoms with Gasteiger partial charge in [0.05, 0.1) is 12.4 Å². The lowest BCUT2D eigenvalue weighted by atomic mass is 10.1. The highest BCUT2D eigenvalue weighted by atomic mass is 16.5. The molecule has 3 heterocycles. The molecule has 8 nitrogen and oxygen atoms in total. The minimum Gasteiger partial charge on any atom is -0.368 e. The number of carbonyl (C=O) groups excluding carboxylic acids is 1. The van der Waals surface area contributed by atoms with Crippen LogP contribution in [0, 0.1) is 5.92 Å². The number of piperidine rings is 1. The third-order valence-corrected chi connectivity index (χ3v) is 4.15. The van der Waals surface area contributed by atoms with Crippen molar-refractivity contribution in [3.63, 3.8) is 0 Å². The van der Waals surface area contributed by atoms with Crippen LogP contribution in [0.1, 0.15) is 38.4 Å². The molecule has 0 N–H and O–H groups in total. The molecule has 2 aromatic rings. The predicted octanol–water partition coefficient (Wildman–Crippen LogP) is 1.67. The molecular weight excluding hydrogens is 322 g/mol.